The van der Waals surface area contributed by atoms with E-state index in [0.29, 0.717) is 5.56 Å². The highest BCUT2D eigenvalue weighted by Gasteiger charge is 2.27. The lowest BCUT2D eigenvalue weighted by molar-refractivity contribution is -0.684. The third-order valence-electron chi connectivity index (χ3n) is 4.05. The number of amides is 1. The zero-order valence-corrected chi connectivity index (χ0v) is 17.5. The van der Waals surface area contributed by atoms with E-state index in [-0.39, 0.29) is 47.1 Å². The Bertz CT molecular complexity index is 872. The molecule has 3 N–H and O–H groups in total. The Balaban J connectivity index is 2.16. The third-order valence-corrected chi connectivity index (χ3v) is 5.23. The molecule has 2 aromatic heterocycles. The molecule has 0 bridgehead atoms. The first-order valence-corrected chi connectivity index (χ1v) is 9.95. The molecular formula is C20H25N2O6S+. The predicted octanol–water partition coefficient (Wildman–Crippen LogP) is 2.43. The van der Waals surface area contributed by atoms with Crippen molar-refractivity contribution in [2.45, 2.75) is 26.8 Å². The van der Waals surface area contributed by atoms with Crippen LogP contribution < -0.4 is 10.6 Å². The second kappa shape index (κ2) is 10.6. The molecule has 0 unspecified atom stereocenters. The number of thiophene rings is 1. The van der Waals surface area contributed by atoms with Gasteiger partial charge in [-0.25, -0.2) is 9.59 Å². The number of quaternary nitrogens is 1. The van der Waals surface area contributed by atoms with Crippen LogP contribution in [0.4, 0.5) is 5.00 Å². The zero-order valence-electron chi connectivity index (χ0n) is 16.7. The molecule has 2 heterocycles. The van der Waals surface area contributed by atoms with Crippen LogP contribution in [0.15, 0.2) is 35.5 Å². The van der Waals surface area contributed by atoms with Gasteiger partial charge in [-0.2, -0.15) is 0 Å². The predicted molar refractivity (Wildman–Crippen MR) is 108 cm³/mol. The van der Waals surface area contributed by atoms with Gasteiger partial charge in [0.1, 0.15) is 22.5 Å². The highest BCUT2D eigenvalue weighted by atomic mass is 32.1. The molecule has 1 atom stereocenters. The summed E-state index contributed by atoms with van der Waals surface area (Å²) >= 11 is 0.985. The minimum atomic E-state index is -0.604. The molecule has 0 fully saturated rings. The third kappa shape index (κ3) is 5.78. The van der Waals surface area contributed by atoms with Crippen LogP contribution in [0.5, 0.6) is 0 Å². The van der Waals surface area contributed by atoms with E-state index in [4.69, 9.17) is 13.9 Å². The van der Waals surface area contributed by atoms with Crippen LogP contribution in [0, 0.1) is 6.92 Å². The maximum Gasteiger partial charge on any atom is 0.348 e. The van der Waals surface area contributed by atoms with E-state index in [1.807, 2.05) is 13.0 Å². The van der Waals surface area contributed by atoms with Gasteiger partial charge in [-0.15, -0.1) is 11.3 Å². The molecule has 0 saturated carbocycles. The highest BCUT2D eigenvalue weighted by Crippen LogP contribution is 2.34. The summed E-state index contributed by atoms with van der Waals surface area (Å²) in [5, 5.41) is 4.77. The van der Waals surface area contributed by atoms with Gasteiger partial charge < -0.3 is 24.5 Å². The SMILES string of the molecule is C=CCOC(=O)c1sc(NC(=O)C[NH2+][C@@H](C)c2ccco2)c(C(=O)OCC)c1C. The van der Waals surface area contributed by atoms with Crippen LogP contribution in [0.25, 0.3) is 0 Å². The molecule has 0 aliphatic carbocycles. The van der Waals surface area contributed by atoms with Crippen LogP contribution in [0.3, 0.4) is 0 Å². The number of hydrogen-bond acceptors (Lipinski definition) is 7. The van der Waals surface area contributed by atoms with Gasteiger partial charge in [-0.1, -0.05) is 12.7 Å². The maximum atomic E-state index is 12.4. The van der Waals surface area contributed by atoms with Gasteiger partial charge in [0.2, 0.25) is 0 Å². The lowest BCUT2D eigenvalue weighted by Gasteiger charge is -2.09. The summed E-state index contributed by atoms with van der Waals surface area (Å²) in [5.74, 6) is -0.755. The average molecular weight is 421 g/mol. The van der Waals surface area contributed by atoms with E-state index in [9.17, 15) is 14.4 Å². The highest BCUT2D eigenvalue weighted by molar-refractivity contribution is 7.18. The molecule has 0 aromatic carbocycles. The number of hydrogen-bond donors (Lipinski definition) is 2. The van der Waals surface area contributed by atoms with Crippen molar-refractivity contribution in [2.75, 3.05) is 25.1 Å². The van der Waals surface area contributed by atoms with Crippen molar-refractivity contribution in [3.63, 3.8) is 0 Å². The Morgan fingerprint density at radius 2 is 2.10 bits per heavy atom. The monoisotopic (exact) mass is 421 g/mol. The molecule has 0 radical (unpaired) electrons. The smallest absolute Gasteiger partial charge is 0.348 e. The largest absolute Gasteiger partial charge is 0.463 e. The van der Waals surface area contributed by atoms with E-state index >= 15 is 0 Å². The molecule has 0 spiro atoms. The molecule has 156 valence electrons. The first-order valence-electron chi connectivity index (χ1n) is 9.14. The van der Waals surface area contributed by atoms with E-state index in [1.54, 1.807) is 31.5 Å². The maximum absolute atomic E-state index is 12.4. The Morgan fingerprint density at radius 3 is 2.72 bits per heavy atom. The summed E-state index contributed by atoms with van der Waals surface area (Å²) in [7, 11) is 0. The van der Waals surface area contributed by atoms with E-state index in [1.165, 1.54) is 6.08 Å². The normalized spacial score (nSPS) is 11.6. The molecule has 0 aliphatic heterocycles. The lowest BCUT2D eigenvalue weighted by Crippen LogP contribution is -2.86. The van der Waals surface area contributed by atoms with Gasteiger partial charge in [-0.3, -0.25) is 4.79 Å². The lowest BCUT2D eigenvalue weighted by atomic mass is 10.1. The van der Waals surface area contributed by atoms with Gasteiger partial charge in [0, 0.05) is 0 Å². The van der Waals surface area contributed by atoms with Crippen LogP contribution in [-0.2, 0) is 14.3 Å². The van der Waals surface area contributed by atoms with Gasteiger partial charge in [-0.05, 0) is 38.5 Å². The first kappa shape index (κ1) is 22.4. The van der Waals surface area contributed by atoms with Crippen molar-refractivity contribution < 1.29 is 33.6 Å². The molecule has 0 aliphatic rings. The number of esters is 2. The van der Waals surface area contributed by atoms with Gasteiger partial charge in [0.15, 0.2) is 12.3 Å². The molecule has 29 heavy (non-hydrogen) atoms. The second-order valence-electron chi connectivity index (χ2n) is 6.16. The Labute approximate surface area is 172 Å². The Kier molecular flexibility index (Phi) is 8.17. The van der Waals surface area contributed by atoms with Crippen LogP contribution in [-0.4, -0.2) is 37.6 Å². The fraction of sp³-hybridized carbons (Fsp3) is 0.350. The van der Waals surface area contributed by atoms with Crippen molar-refractivity contribution >= 4 is 34.2 Å². The number of carbonyl (C=O) groups is 3. The summed E-state index contributed by atoms with van der Waals surface area (Å²) in [6, 6.07) is 3.57. The minimum absolute atomic E-state index is 0.0465. The first-order chi connectivity index (χ1) is 13.9. The second-order valence-corrected chi connectivity index (χ2v) is 7.18. The fourth-order valence-corrected chi connectivity index (χ4v) is 3.68. The van der Waals surface area contributed by atoms with Gasteiger partial charge >= 0.3 is 11.9 Å². The van der Waals surface area contributed by atoms with Crippen molar-refractivity contribution in [3.8, 4) is 0 Å². The summed E-state index contributed by atoms with van der Waals surface area (Å²) < 4.78 is 15.5. The molecule has 8 nitrogen and oxygen atoms in total. The van der Waals surface area contributed by atoms with Crippen LogP contribution in [0.2, 0.25) is 0 Å². The zero-order chi connectivity index (χ0) is 21.4. The molecule has 9 heteroatoms. The molecule has 0 saturated heterocycles. The van der Waals surface area contributed by atoms with E-state index in [0.717, 1.165) is 17.1 Å². The molecule has 2 aromatic rings. The Morgan fingerprint density at radius 1 is 1.34 bits per heavy atom. The number of nitrogens with two attached hydrogens (primary N) is 1. The summed E-state index contributed by atoms with van der Waals surface area (Å²) in [4.78, 5) is 37.3. The van der Waals surface area contributed by atoms with Crippen molar-refractivity contribution in [1.29, 1.82) is 0 Å². The van der Waals surface area contributed by atoms with E-state index < -0.39 is 11.9 Å². The summed E-state index contributed by atoms with van der Waals surface area (Å²) in [5.41, 5.74) is 0.570. The number of furan rings is 1. The molecule has 2 rings (SSSR count). The van der Waals surface area contributed by atoms with Gasteiger partial charge in [0.05, 0.1) is 18.4 Å². The quantitative estimate of drug-likeness (QED) is 0.450. The average Bonchev–Trinajstić information content (AvgIpc) is 3.33. The van der Waals surface area contributed by atoms with Crippen molar-refractivity contribution in [2.24, 2.45) is 0 Å². The standard InChI is InChI=1S/C20H24N2O6S/c1-5-9-28-20(25)17-12(3)16(19(24)26-6-2)18(29-17)22-15(23)11-21-13(4)14-8-7-10-27-14/h5,7-8,10,13,21H,1,6,9,11H2,2-4H3,(H,22,23)/p+1/t13-/m0/s1. The number of rotatable bonds is 10. The number of anilines is 1. The van der Waals surface area contributed by atoms with Crippen molar-refractivity contribution in [3.05, 3.63) is 52.8 Å². The van der Waals surface area contributed by atoms with Gasteiger partial charge in [0.25, 0.3) is 5.91 Å². The number of nitrogens with one attached hydrogen (secondary N) is 1. The Hall–Kier alpha value is -2.91. The van der Waals surface area contributed by atoms with Crippen molar-refractivity contribution in [1.82, 2.24) is 0 Å². The van der Waals surface area contributed by atoms with E-state index in [2.05, 4.69) is 11.9 Å². The topological polar surface area (TPSA) is 111 Å². The molecule has 1 amide bonds. The summed E-state index contributed by atoms with van der Waals surface area (Å²) in [6.07, 6.45) is 3.03. The number of carbonyl (C=O) groups excluding carboxylic acids is 3. The molecular weight excluding hydrogens is 396 g/mol. The van der Waals surface area contributed by atoms with Crippen LogP contribution in [0.1, 0.15) is 51.2 Å². The van der Waals surface area contributed by atoms with Crippen LogP contribution >= 0.6 is 11.3 Å². The fourth-order valence-electron chi connectivity index (χ4n) is 2.57. The minimum Gasteiger partial charge on any atom is -0.463 e. The summed E-state index contributed by atoms with van der Waals surface area (Å²) in [6.45, 7) is 9.05. The number of ether oxygens (including phenoxy) is 2.